The van der Waals surface area contributed by atoms with Gasteiger partial charge in [-0.25, -0.2) is 0 Å². The van der Waals surface area contributed by atoms with E-state index >= 15 is 0 Å². The van der Waals surface area contributed by atoms with Crippen LogP contribution in [-0.4, -0.2) is 27.8 Å². The van der Waals surface area contributed by atoms with Crippen LogP contribution in [0, 0.1) is 6.92 Å². The highest BCUT2D eigenvalue weighted by Crippen LogP contribution is 2.30. The highest BCUT2D eigenvalue weighted by molar-refractivity contribution is 7.98. The summed E-state index contributed by atoms with van der Waals surface area (Å²) in [5, 5.41) is 9.73. The molecule has 0 saturated heterocycles. The van der Waals surface area contributed by atoms with Gasteiger partial charge in [-0.3, -0.25) is 9.36 Å². The minimum atomic E-state index is -0.429. The molecule has 0 fully saturated rings. The molecule has 0 aliphatic rings. The fraction of sp³-hybridized carbons (Fsp3) is 0.125. The second-order valence-electron chi connectivity index (χ2n) is 7.06. The first kappa shape index (κ1) is 20.7. The number of aryl methyl sites for hydroxylation is 1. The van der Waals surface area contributed by atoms with E-state index in [1.165, 1.54) is 5.56 Å². The number of nitrogens with zero attached hydrogens (tertiary/aromatic N) is 3. The first-order valence-corrected chi connectivity index (χ1v) is 10.7. The topological polar surface area (TPSA) is 83.0 Å². The van der Waals surface area contributed by atoms with E-state index in [2.05, 4.69) is 41.4 Å². The summed E-state index contributed by atoms with van der Waals surface area (Å²) in [6.07, 6.45) is 0. The maximum absolute atomic E-state index is 11.3. The number of rotatable bonds is 7. The third-order valence-corrected chi connectivity index (χ3v) is 5.88. The number of thioether (sulfide) groups is 1. The SMILES string of the molecule is COc1ccc(-n2c(SCc3ccc(C(N)=O)cc3)nnc2-c2ccc(C)cc2)cc1. The number of benzene rings is 3. The molecule has 31 heavy (non-hydrogen) atoms. The molecule has 4 aromatic rings. The van der Waals surface area contributed by atoms with Crippen molar-refractivity contribution in [3.8, 4) is 22.8 Å². The summed E-state index contributed by atoms with van der Waals surface area (Å²) in [4.78, 5) is 11.3. The lowest BCUT2D eigenvalue weighted by Gasteiger charge is -2.11. The molecule has 0 aliphatic carbocycles. The molecule has 0 atom stereocenters. The number of nitrogens with two attached hydrogens (primary N) is 1. The smallest absolute Gasteiger partial charge is 0.248 e. The Morgan fingerprint density at radius 2 is 1.65 bits per heavy atom. The van der Waals surface area contributed by atoms with Crippen LogP contribution >= 0.6 is 11.8 Å². The molecule has 4 rings (SSSR count). The third kappa shape index (κ3) is 4.62. The van der Waals surface area contributed by atoms with Crippen LogP contribution in [0.25, 0.3) is 17.1 Å². The highest BCUT2D eigenvalue weighted by Gasteiger charge is 2.16. The fourth-order valence-corrected chi connectivity index (χ4v) is 4.04. The van der Waals surface area contributed by atoms with Crippen LogP contribution in [0.15, 0.2) is 78.0 Å². The molecule has 1 heterocycles. The van der Waals surface area contributed by atoms with Crippen LogP contribution in [0.3, 0.4) is 0 Å². The standard InChI is InChI=1S/C24H22N4O2S/c1-16-3-7-19(8-4-16)23-26-27-24(28(23)20-11-13-21(30-2)14-12-20)31-15-17-5-9-18(10-6-17)22(25)29/h3-14H,15H2,1-2H3,(H2,25,29). The maximum atomic E-state index is 11.3. The van der Waals surface area contributed by atoms with Gasteiger partial charge in [0.05, 0.1) is 7.11 Å². The summed E-state index contributed by atoms with van der Waals surface area (Å²) in [5.74, 6) is 1.82. The molecule has 156 valence electrons. The van der Waals surface area contributed by atoms with Crippen LogP contribution in [0.1, 0.15) is 21.5 Å². The molecular weight excluding hydrogens is 408 g/mol. The number of carbonyl (C=O) groups is 1. The highest BCUT2D eigenvalue weighted by atomic mass is 32.2. The van der Waals surface area contributed by atoms with Crippen LogP contribution in [0.2, 0.25) is 0 Å². The van der Waals surface area contributed by atoms with Gasteiger partial charge in [-0.1, -0.05) is 53.7 Å². The Bertz CT molecular complexity index is 1180. The van der Waals surface area contributed by atoms with E-state index in [1.54, 1.807) is 31.0 Å². The first-order chi connectivity index (χ1) is 15.0. The van der Waals surface area contributed by atoms with E-state index < -0.39 is 5.91 Å². The van der Waals surface area contributed by atoms with E-state index in [0.29, 0.717) is 11.3 Å². The summed E-state index contributed by atoms with van der Waals surface area (Å²) < 4.78 is 7.35. The van der Waals surface area contributed by atoms with Gasteiger partial charge < -0.3 is 10.5 Å². The number of amides is 1. The minimum absolute atomic E-state index is 0.429. The number of primary amides is 1. The summed E-state index contributed by atoms with van der Waals surface area (Å²) >= 11 is 1.58. The lowest BCUT2D eigenvalue weighted by atomic mass is 10.1. The molecule has 7 heteroatoms. The maximum Gasteiger partial charge on any atom is 0.248 e. The second-order valence-corrected chi connectivity index (χ2v) is 8.00. The molecule has 3 aromatic carbocycles. The summed E-state index contributed by atoms with van der Waals surface area (Å²) in [6, 6.07) is 23.4. The van der Waals surface area contributed by atoms with Gasteiger partial charge >= 0.3 is 0 Å². The lowest BCUT2D eigenvalue weighted by Crippen LogP contribution is -2.10. The zero-order valence-electron chi connectivity index (χ0n) is 17.3. The van der Waals surface area contributed by atoms with Crippen molar-refractivity contribution in [3.63, 3.8) is 0 Å². The van der Waals surface area contributed by atoms with Gasteiger partial charge in [-0.05, 0) is 48.9 Å². The molecule has 1 aromatic heterocycles. The van der Waals surface area contributed by atoms with Crippen LogP contribution in [0.5, 0.6) is 5.75 Å². The van der Waals surface area contributed by atoms with Gasteiger partial charge in [0, 0.05) is 22.6 Å². The first-order valence-electron chi connectivity index (χ1n) is 9.73. The zero-order chi connectivity index (χ0) is 21.8. The van der Waals surface area contributed by atoms with Crippen molar-refractivity contribution in [2.75, 3.05) is 7.11 Å². The van der Waals surface area contributed by atoms with Crippen LogP contribution in [-0.2, 0) is 5.75 Å². The van der Waals surface area contributed by atoms with E-state index in [1.807, 2.05) is 41.0 Å². The minimum Gasteiger partial charge on any atom is -0.497 e. The van der Waals surface area contributed by atoms with Gasteiger partial charge in [-0.2, -0.15) is 0 Å². The van der Waals surface area contributed by atoms with E-state index in [-0.39, 0.29) is 0 Å². The second kappa shape index (κ2) is 9.06. The molecule has 0 bridgehead atoms. The third-order valence-electron chi connectivity index (χ3n) is 4.88. The van der Waals surface area contributed by atoms with E-state index in [9.17, 15) is 4.79 Å². The van der Waals surface area contributed by atoms with Crippen molar-refractivity contribution in [1.82, 2.24) is 14.8 Å². The van der Waals surface area contributed by atoms with Gasteiger partial charge in [0.25, 0.3) is 0 Å². The van der Waals surface area contributed by atoms with Gasteiger partial charge in [-0.15, -0.1) is 10.2 Å². The molecule has 0 radical (unpaired) electrons. The predicted molar refractivity (Wildman–Crippen MR) is 123 cm³/mol. The number of methoxy groups -OCH3 is 1. The monoisotopic (exact) mass is 430 g/mol. The van der Waals surface area contributed by atoms with Crippen molar-refractivity contribution in [2.24, 2.45) is 5.73 Å². The molecule has 0 saturated carbocycles. The molecule has 6 nitrogen and oxygen atoms in total. The van der Waals surface area contributed by atoms with Crippen molar-refractivity contribution in [3.05, 3.63) is 89.5 Å². The Morgan fingerprint density at radius 1 is 0.968 bits per heavy atom. The molecular formula is C24H22N4O2S. The number of aromatic nitrogens is 3. The largest absolute Gasteiger partial charge is 0.497 e. The number of hydrogen-bond donors (Lipinski definition) is 1. The normalized spacial score (nSPS) is 10.8. The van der Waals surface area contributed by atoms with E-state index in [0.717, 1.165) is 33.5 Å². The van der Waals surface area contributed by atoms with E-state index in [4.69, 9.17) is 10.5 Å². The van der Waals surface area contributed by atoms with Gasteiger partial charge in [0.15, 0.2) is 11.0 Å². The molecule has 1 amide bonds. The predicted octanol–water partition coefficient (Wildman–Crippen LogP) is 4.64. The average molecular weight is 431 g/mol. The van der Waals surface area contributed by atoms with Crippen molar-refractivity contribution < 1.29 is 9.53 Å². The summed E-state index contributed by atoms with van der Waals surface area (Å²) in [5.41, 5.74) is 10.0. The Balaban J connectivity index is 1.67. The summed E-state index contributed by atoms with van der Waals surface area (Å²) in [6.45, 7) is 2.06. The molecule has 0 spiro atoms. The van der Waals surface area contributed by atoms with Gasteiger partial charge in [0.1, 0.15) is 5.75 Å². The summed E-state index contributed by atoms with van der Waals surface area (Å²) in [7, 11) is 1.65. The Hall–Kier alpha value is -3.58. The van der Waals surface area contributed by atoms with Crippen LogP contribution < -0.4 is 10.5 Å². The number of carbonyl (C=O) groups excluding carboxylic acids is 1. The molecule has 0 unspecified atom stereocenters. The quantitative estimate of drug-likeness (QED) is 0.432. The number of ether oxygens (including phenoxy) is 1. The lowest BCUT2D eigenvalue weighted by molar-refractivity contribution is 0.100. The fourth-order valence-electron chi connectivity index (χ4n) is 3.13. The average Bonchev–Trinajstić information content (AvgIpc) is 3.22. The number of hydrogen-bond acceptors (Lipinski definition) is 5. The molecule has 0 aliphatic heterocycles. The van der Waals surface area contributed by atoms with Crippen LogP contribution in [0.4, 0.5) is 0 Å². The molecule has 2 N–H and O–H groups in total. The zero-order valence-corrected chi connectivity index (χ0v) is 18.1. The Morgan fingerprint density at radius 3 is 2.26 bits per heavy atom. The van der Waals surface area contributed by atoms with Crippen molar-refractivity contribution >= 4 is 17.7 Å². The Kier molecular flexibility index (Phi) is 6.04. The Labute approximate surface area is 185 Å². The van der Waals surface area contributed by atoms with Gasteiger partial charge in [0.2, 0.25) is 5.91 Å². The van der Waals surface area contributed by atoms with Crippen molar-refractivity contribution in [2.45, 2.75) is 17.8 Å². The van der Waals surface area contributed by atoms with Crippen molar-refractivity contribution in [1.29, 1.82) is 0 Å².